The highest BCUT2D eigenvalue weighted by Gasteiger charge is 2.51. The molecule has 0 spiro atoms. The minimum Gasteiger partial charge on any atom is -0.361 e. The first-order chi connectivity index (χ1) is 15.9. The molecule has 182 valence electrons. The van der Waals surface area contributed by atoms with Crippen LogP contribution in [0, 0.1) is 17.2 Å². The normalized spacial score (nSPS) is 18.9. The van der Waals surface area contributed by atoms with E-state index in [-0.39, 0.29) is 23.4 Å². The van der Waals surface area contributed by atoms with Crippen molar-refractivity contribution in [1.29, 1.82) is 5.41 Å². The Bertz CT molecular complexity index is 804. The molecule has 4 nitrogen and oxygen atoms in total. The Morgan fingerprint density at radius 1 is 1.06 bits per heavy atom. The average Bonchev–Trinajstić information content (AvgIpc) is 3.05. The van der Waals surface area contributed by atoms with Crippen molar-refractivity contribution in [3.63, 3.8) is 0 Å². The Morgan fingerprint density at radius 2 is 1.70 bits per heavy atom. The van der Waals surface area contributed by atoms with Crippen molar-refractivity contribution < 1.29 is 9.59 Å². The Balaban J connectivity index is 2.07. The zero-order valence-corrected chi connectivity index (χ0v) is 21.2. The van der Waals surface area contributed by atoms with Gasteiger partial charge in [0.2, 0.25) is 0 Å². The van der Waals surface area contributed by atoms with Gasteiger partial charge in [-0.1, -0.05) is 89.3 Å². The number of benzene rings is 1. The van der Waals surface area contributed by atoms with Gasteiger partial charge in [0.05, 0.1) is 11.5 Å². The van der Waals surface area contributed by atoms with Crippen LogP contribution in [0.15, 0.2) is 42.0 Å². The van der Waals surface area contributed by atoms with Crippen molar-refractivity contribution in [2.75, 3.05) is 0 Å². The number of amidine groups is 1. The molecular weight excluding hydrogens is 408 g/mol. The molecule has 1 fully saturated rings. The van der Waals surface area contributed by atoms with Gasteiger partial charge < -0.3 is 5.32 Å². The summed E-state index contributed by atoms with van der Waals surface area (Å²) in [6.07, 6.45) is 11.8. The lowest BCUT2D eigenvalue weighted by molar-refractivity contribution is -0.127. The van der Waals surface area contributed by atoms with E-state index in [4.69, 9.17) is 5.41 Å². The van der Waals surface area contributed by atoms with Gasteiger partial charge in [-0.15, -0.1) is 0 Å². The molecule has 2 N–H and O–H groups in total. The predicted molar refractivity (Wildman–Crippen MR) is 138 cm³/mol. The van der Waals surface area contributed by atoms with Crippen molar-refractivity contribution in [2.45, 2.75) is 104 Å². The Labute approximate surface area is 201 Å². The second-order valence-electron chi connectivity index (χ2n) is 9.77. The Morgan fingerprint density at radius 3 is 2.27 bits per heavy atom. The van der Waals surface area contributed by atoms with Crippen LogP contribution in [0.4, 0.5) is 0 Å². The monoisotopic (exact) mass is 452 g/mol. The van der Waals surface area contributed by atoms with Crippen molar-refractivity contribution in [3.8, 4) is 0 Å². The van der Waals surface area contributed by atoms with E-state index in [1.54, 1.807) is 0 Å². The second-order valence-corrected chi connectivity index (χ2v) is 9.77. The van der Waals surface area contributed by atoms with Crippen LogP contribution in [0.25, 0.3) is 0 Å². The number of hydrogen-bond acceptors (Lipinski definition) is 3. The Kier molecular flexibility index (Phi) is 11.0. The molecule has 0 aliphatic carbocycles. The fraction of sp³-hybridized carbons (Fsp3) is 0.621. The van der Waals surface area contributed by atoms with Gasteiger partial charge in [0, 0.05) is 6.42 Å². The minimum atomic E-state index is -0.544. The van der Waals surface area contributed by atoms with E-state index in [0.29, 0.717) is 12.3 Å². The predicted octanol–water partition coefficient (Wildman–Crippen LogP) is 6.83. The van der Waals surface area contributed by atoms with Crippen molar-refractivity contribution in [3.05, 3.63) is 47.5 Å². The van der Waals surface area contributed by atoms with Gasteiger partial charge in [-0.2, -0.15) is 0 Å². The summed E-state index contributed by atoms with van der Waals surface area (Å²) < 4.78 is 0. The highest BCUT2D eigenvalue weighted by molar-refractivity contribution is 6.14. The fourth-order valence-corrected chi connectivity index (χ4v) is 5.13. The molecule has 4 heteroatoms. The molecule has 1 saturated heterocycles. The zero-order valence-electron chi connectivity index (χ0n) is 21.2. The summed E-state index contributed by atoms with van der Waals surface area (Å²) in [5.74, 6) is 0.645. The van der Waals surface area contributed by atoms with Gasteiger partial charge in [0.1, 0.15) is 5.84 Å². The van der Waals surface area contributed by atoms with E-state index in [9.17, 15) is 9.59 Å². The second kappa shape index (κ2) is 13.5. The number of carbonyl (C=O) groups excluding carboxylic acids is 2. The number of ketones is 2. The van der Waals surface area contributed by atoms with Gasteiger partial charge >= 0.3 is 0 Å². The van der Waals surface area contributed by atoms with Crippen LogP contribution in [0.5, 0.6) is 0 Å². The maximum absolute atomic E-state index is 13.7. The zero-order chi connectivity index (χ0) is 24.3. The first kappa shape index (κ1) is 27.0. The lowest BCUT2D eigenvalue weighted by Crippen LogP contribution is -2.46. The molecule has 1 aromatic carbocycles. The molecule has 0 saturated carbocycles. The molecule has 1 aliphatic rings. The molecule has 0 aromatic heterocycles. The maximum atomic E-state index is 13.7. The third-order valence-electron chi connectivity index (χ3n) is 7.12. The molecular formula is C29H44N2O2. The summed E-state index contributed by atoms with van der Waals surface area (Å²) in [6.45, 7) is 8.35. The van der Waals surface area contributed by atoms with Crippen LogP contribution >= 0.6 is 0 Å². The highest BCUT2D eigenvalue weighted by Crippen LogP contribution is 2.37. The van der Waals surface area contributed by atoms with Gasteiger partial charge in [-0.3, -0.25) is 15.0 Å². The van der Waals surface area contributed by atoms with Crippen molar-refractivity contribution in [1.82, 2.24) is 5.32 Å². The third-order valence-corrected chi connectivity index (χ3v) is 7.12. The first-order valence-electron chi connectivity index (χ1n) is 13.0. The maximum Gasteiger partial charge on any atom is 0.168 e. The quantitative estimate of drug-likeness (QED) is 0.287. The molecule has 0 amide bonds. The van der Waals surface area contributed by atoms with E-state index < -0.39 is 5.54 Å². The van der Waals surface area contributed by atoms with Gasteiger partial charge in [0.15, 0.2) is 11.6 Å². The van der Waals surface area contributed by atoms with E-state index in [1.165, 1.54) is 0 Å². The van der Waals surface area contributed by atoms with E-state index >= 15 is 0 Å². The van der Waals surface area contributed by atoms with Gasteiger partial charge in [-0.05, 0) is 56.1 Å². The average molecular weight is 453 g/mol. The molecule has 0 bridgehead atoms. The number of allylic oxidation sites excluding steroid dienone is 2. The minimum absolute atomic E-state index is 0.151. The summed E-state index contributed by atoms with van der Waals surface area (Å²) in [5, 5.41) is 12.1. The standard InChI is InChI=1S/C29H44N2O2/c1-5-8-19-29(20-9-6-2)27(33)26(28(30)31-29)24(14-7-3)18-13-15-22(4)25(32)21-23-16-11-10-12-17-23/h10-12,15-17,24,26H,5-9,13-14,18-21H2,1-4H3,(H2,30,31)/b22-15-. The summed E-state index contributed by atoms with van der Waals surface area (Å²) >= 11 is 0. The molecule has 2 unspecified atom stereocenters. The summed E-state index contributed by atoms with van der Waals surface area (Å²) in [6, 6.07) is 9.84. The number of nitrogens with one attached hydrogen (secondary N) is 2. The SMILES string of the molecule is CCCCC1(CCCC)NC(=N)C(C(CCC)CC/C=C(/C)C(=O)Cc2ccccc2)C1=O. The number of rotatable bonds is 15. The van der Waals surface area contributed by atoms with Crippen LogP contribution in [0.3, 0.4) is 0 Å². The third kappa shape index (κ3) is 7.38. The number of Topliss-reactive ketones (excluding diaryl/α,β-unsaturated/α-hetero) is 2. The molecule has 1 aromatic rings. The van der Waals surface area contributed by atoms with Crippen LogP contribution in [0.1, 0.15) is 97.5 Å². The molecule has 1 aliphatic heterocycles. The lowest BCUT2D eigenvalue weighted by Gasteiger charge is -2.29. The summed E-state index contributed by atoms with van der Waals surface area (Å²) in [5.41, 5.74) is 1.28. The topological polar surface area (TPSA) is 70.0 Å². The first-order valence-corrected chi connectivity index (χ1v) is 13.0. The van der Waals surface area contributed by atoms with Crippen LogP contribution in [-0.4, -0.2) is 22.9 Å². The smallest absolute Gasteiger partial charge is 0.168 e. The summed E-state index contributed by atoms with van der Waals surface area (Å²) in [4.78, 5) is 26.3. The van der Waals surface area contributed by atoms with Gasteiger partial charge in [0.25, 0.3) is 0 Å². The number of hydrogen-bond donors (Lipinski definition) is 2. The van der Waals surface area contributed by atoms with Crippen molar-refractivity contribution in [2.24, 2.45) is 11.8 Å². The van der Waals surface area contributed by atoms with Crippen LogP contribution in [0.2, 0.25) is 0 Å². The van der Waals surface area contributed by atoms with E-state index in [0.717, 1.165) is 75.3 Å². The van der Waals surface area contributed by atoms with Crippen molar-refractivity contribution >= 4 is 17.4 Å². The number of unbranched alkanes of at least 4 members (excludes halogenated alkanes) is 2. The largest absolute Gasteiger partial charge is 0.361 e. The van der Waals surface area contributed by atoms with E-state index in [2.05, 4.69) is 26.1 Å². The summed E-state index contributed by atoms with van der Waals surface area (Å²) in [7, 11) is 0. The molecule has 2 atom stereocenters. The molecule has 2 rings (SSSR count). The molecule has 33 heavy (non-hydrogen) atoms. The fourth-order valence-electron chi connectivity index (χ4n) is 5.13. The molecule has 1 heterocycles. The lowest BCUT2D eigenvalue weighted by atomic mass is 9.76. The number of carbonyl (C=O) groups is 2. The van der Waals surface area contributed by atoms with Gasteiger partial charge in [-0.25, -0.2) is 0 Å². The molecule has 0 radical (unpaired) electrons. The van der Waals surface area contributed by atoms with Crippen LogP contribution < -0.4 is 5.32 Å². The highest BCUT2D eigenvalue weighted by atomic mass is 16.1. The Hall–Kier alpha value is -2.23. The van der Waals surface area contributed by atoms with E-state index in [1.807, 2.05) is 43.3 Å². The van der Waals surface area contributed by atoms with Crippen LogP contribution in [-0.2, 0) is 16.0 Å².